The zero-order valence-corrected chi connectivity index (χ0v) is 13.5. The fourth-order valence-electron chi connectivity index (χ4n) is 3.07. The van der Waals surface area contributed by atoms with Gasteiger partial charge in [0.1, 0.15) is 12.0 Å². The number of cyclic esters (lactones) is 1. The molecule has 1 heterocycles. The molecule has 0 aromatic rings. The summed E-state index contributed by atoms with van der Waals surface area (Å²) in [5.41, 5.74) is 0. The van der Waals surface area contributed by atoms with Crippen molar-refractivity contribution in [3.05, 3.63) is 0 Å². The molecule has 4 nitrogen and oxygen atoms in total. The first-order valence-electron chi connectivity index (χ1n) is 8.51. The van der Waals surface area contributed by atoms with Crippen LogP contribution in [-0.2, 0) is 14.3 Å². The molecule has 0 bridgehead atoms. The lowest BCUT2D eigenvalue weighted by molar-refractivity contribution is -0.144. The van der Waals surface area contributed by atoms with Gasteiger partial charge < -0.3 is 9.84 Å². The van der Waals surface area contributed by atoms with Gasteiger partial charge in [0.2, 0.25) is 0 Å². The summed E-state index contributed by atoms with van der Waals surface area (Å²) in [6.07, 6.45) is 11.3. The van der Waals surface area contributed by atoms with Gasteiger partial charge in [-0.1, -0.05) is 65.2 Å². The highest BCUT2D eigenvalue weighted by Crippen LogP contribution is 2.31. The van der Waals surface area contributed by atoms with Gasteiger partial charge in [-0.2, -0.15) is 0 Å². The number of ether oxygens (including phenoxy) is 1. The molecule has 1 aliphatic heterocycles. The van der Waals surface area contributed by atoms with Crippen LogP contribution in [0.1, 0.15) is 78.1 Å². The van der Waals surface area contributed by atoms with Crippen LogP contribution in [0.15, 0.2) is 0 Å². The summed E-state index contributed by atoms with van der Waals surface area (Å²) < 4.78 is 5.20. The third-order valence-corrected chi connectivity index (χ3v) is 4.46. The summed E-state index contributed by atoms with van der Waals surface area (Å²) >= 11 is 0. The van der Waals surface area contributed by atoms with E-state index in [1.807, 2.05) is 0 Å². The maximum absolute atomic E-state index is 11.5. The number of carboxylic acid groups (broad SMARTS) is 1. The van der Waals surface area contributed by atoms with Crippen LogP contribution in [0.4, 0.5) is 0 Å². The number of carbonyl (C=O) groups is 2. The van der Waals surface area contributed by atoms with Crippen molar-refractivity contribution in [2.75, 3.05) is 0 Å². The highest BCUT2D eigenvalue weighted by molar-refractivity contribution is 5.84. The first-order chi connectivity index (χ1) is 10.1. The van der Waals surface area contributed by atoms with Crippen LogP contribution in [0.2, 0.25) is 0 Å². The molecule has 3 unspecified atom stereocenters. The zero-order chi connectivity index (χ0) is 15.7. The van der Waals surface area contributed by atoms with Gasteiger partial charge in [-0.3, -0.25) is 9.59 Å². The molecule has 122 valence electrons. The predicted octanol–water partition coefficient (Wildman–Crippen LogP) is 4.17. The van der Waals surface area contributed by atoms with Gasteiger partial charge in [0.15, 0.2) is 0 Å². The fourth-order valence-corrected chi connectivity index (χ4v) is 3.07. The Morgan fingerprint density at radius 2 is 1.57 bits per heavy atom. The maximum atomic E-state index is 11.5. The first-order valence-corrected chi connectivity index (χ1v) is 8.51. The quantitative estimate of drug-likeness (QED) is 0.459. The van der Waals surface area contributed by atoms with Crippen molar-refractivity contribution >= 4 is 11.9 Å². The van der Waals surface area contributed by atoms with Gasteiger partial charge in [0, 0.05) is 0 Å². The summed E-state index contributed by atoms with van der Waals surface area (Å²) in [5.74, 6) is -2.43. The molecule has 1 N–H and O–H groups in total. The van der Waals surface area contributed by atoms with E-state index in [1.54, 1.807) is 6.92 Å². The van der Waals surface area contributed by atoms with Crippen molar-refractivity contribution in [3.63, 3.8) is 0 Å². The monoisotopic (exact) mass is 298 g/mol. The minimum atomic E-state index is -0.908. The highest BCUT2D eigenvalue weighted by atomic mass is 16.6. The normalized spacial score (nSPS) is 25.0. The Balaban J connectivity index is 2.09. The molecule has 0 radical (unpaired) electrons. The van der Waals surface area contributed by atoms with E-state index in [0.717, 1.165) is 12.8 Å². The second-order valence-corrected chi connectivity index (χ2v) is 6.25. The third-order valence-electron chi connectivity index (χ3n) is 4.46. The van der Waals surface area contributed by atoms with Gasteiger partial charge in [0.05, 0.1) is 5.92 Å². The lowest BCUT2D eigenvalue weighted by atomic mass is 9.89. The molecule has 0 aromatic carbocycles. The molecule has 0 saturated carbocycles. The number of aliphatic carboxylic acids is 1. The van der Waals surface area contributed by atoms with Crippen LogP contribution in [0.5, 0.6) is 0 Å². The minimum absolute atomic E-state index is 0.358. The van der Waals surface area contributed by atoms with E-state index in [2.05, 4.69) is 6.92 Å². The van der Waals surface area contributed by atoms with Crippen molar-refractivity contribution in [1.29, 1.82) is 0 Å². The minimum Gasteiger partial charge on any atom is -0.481 e. The summed E-state index contributed by atoms with van der Waals surface area (Å²) in [4.78, 5) is 22.7. The van der Waals surface area contributed by atoms with E-state index in [1.165, 1.54) is 44.9 Å². The summed E-state index contributed by atoms with van der Waals surface area (Å²) in [7, 11) is 0. The number of rotatable bonds is 11. The average molecular weight is 298 g/mol. The zero-order valence-electron chi connectivity index (χ0n) is 13.5. The van der Waals surface area contributed by atoms with Crippen LogP contribution < -0.4 is 0 Å². The van der Waals surface area contributed by atoms with Crippen LogP contribution >= 0.6 is 0 Å². The SMILES string of the molecule is CCCCCCCCCCCC1OC(=O)C(C)C1C(=O)O. The molecule has 1 fully saturated rings. The van der Waals surface area contributed by atoms with Gasteiger partial charge >= 0.3 is 11.9 Å². The Bertz CT molecular complexity index is 327. The molecule has 1 rings (SSSR count). The molecular formula is C17H30O4. The first kappa shape index (κ1) is 18.0. The largest absolute Gasteiger partial charge is 0.481 e. The van der Waals surface area contributed by atoms with Crippen molar-refractivity contribution in [3.8, 4) is 0 Å². The molecule has 0 aliphatic carbocycles. The Labute approximate surface area is 128 Å². The number of carbonyl (C=O) groups excluding carboxylic acids is 1. The van der Waals surface area contributed by atoms with Crippen molar-refractivity contribution in [2.45, 2.75) is 84.2 Å². The summed E-state index contributed by atoms with van der Waals surface area (Å²) in [6.45, 7) is 3.87. The number of hydrogen-bond donors (Lipinski definition) is 1. The molecule has 21 heavy (non-hydrogen) atoms. The standard InChI is InChI=1S/C17H30O4/c1-3-4-5-6-7-8-9-10-11-12-14-15(16(18)19)13(2)17(20)21-14/h13-15H,3-12H2,1-2H3,(H,18,19). The number of hydrogen-bond acceptors (Lipinski definition) is 3. The third kappa shape index (κ3) is 6.06. The van der Waals surface area contributed by atoms with Crippen molar-refractivity contribution in [2.24, 2.45) is 11.8 Å². The molecule has 0 spiro atoms. The van der Waals surface area contributed by atoms with Crippen LogP contribution in [0.25, 0.3) is 0 Å². The van der Waals surface area contributed by atoms with Crippen molar-refractivity contribution in [1.82, 2.24) is 0 Å². The van der Waals surface area contributed by atoms with E-state index in [0.29, 0.717) is 6.42 Å². The van der Waals surface area contributed by atoms with Crippen LogP contribution in [0, 0.1) is 11.8 Å². The Hall–Kier alpha value is -1.06. The van der Waals surface area contributed by atoms with Crippen molar-refractivity contribution < 1.29 is 19.4 Å². The molecular weight excluding hydrogens is 268 g/mol. The highest BCUT2D eigenvalue weighted by Gasteiger charge is 2.45. The molecule has 0 amide bonds. The number of esters is 1. The summed E-state index contributed by atoms with van der Waals surface area (Å²) in [6, 6.07) is 0. The molecule has 0 aromatic heterocycles. The van der Waals surface area contributed by atoms with E-state index in [-0.39, 0.29) is 5.97 Å². The smallest absolute Gasteiger partial charge is 0.311 e. The van der Waals surface area contributed by atoms with Gasteiger partial charge in [-0.15, -0.1) is 0 Å². The molecule has 3 atom stereocenters. The Kier molecular flexibility index (Phi) is 8.40. The van der Waals surface area contributed by atoms with E-state index in [4.69, 9.17) is 4.74 Å². The van der Waals surface area contributed by atoms with E-state index < -0.39 is 23.9 Å². The van der Waals surface area contributed by atoms with Gasteiger partial charge in [0.25, 0.3) is 0 Å². The topological polar surface area (TPSA) is 63.6 Å². The van der Waals surface area contributed by atoms with Gasteiger partial charge in [-0.25, -0.2) is 0 Å². The van der Waals surface area contributed by atoms with Crippen LogP contribution in [-0.4, -0.2) is 23.1 Å². The maximum Gasteiger partial charge on any atom is 0.311 e. The molecule has 1 aliphatic rings. The number of unbranched alkanes of at least 4 members (excludes halogenated alkanes) is 8. The van der Waals surface area contributed by atoms with E-state index >= 15 is 0 Å². The summed E-state index contributed by atoms with van der Waals surface area (Å²) in [5, 5.41) is 9.18. The lowest BCUT2D eigenvalue weighted by Crippen LogP contribution is -2.27. The lowest BCUT2D eigenvalue weighted by Gasteiger charge is -2.15. The number of carboxylic acids is 1. The molecule has 1 saturated heterocycles. The second kappa shape index (κ2) is 9.80. The van der Waals surface area contributed by atoms with E-state index in [9.17, 15) is 14.7 Å². The predicted molar refractivity (Wildman–Crippen MR) is 82.0 cm³/mol. The Morgan fingerprint density at radius 1 is 1.05 bits per heavy atom. The fraction of sp³-hybridized carbons (Fsp3) is 0.882. The van der Waals surface area contributed by atoms with Crippen LogP contribution in [0.3, 0.4) is 0 Å². The molecule has 4 heteroatoms. The Morgan fingerprint density at radius 3 is 2.10 bits per heavy atom. The average Bonchev–Trinajstić information content (AvgIpc) is 2.72. The second-order valence-electron chi connectivity index (χ2n) is 6.25. The van der Waals surface area contributed by atoms with Gasteiger partial charge in [-0.05, 0) is 12.8 Å².